The van der Waals surface area contributed by atoms with Gasteiger partial charge < -0.3 is 0 Å². The second-order valence-electron chi connectivity index (χ2n) is 5.61. The molecule has 1 saturated carbocycles. The fraction of sp³-hybridized carbons (Fsp3) is 0.600. The van der Waals surface area contributed by atoms with Gasteiger partial charge in [-0.25, -0.2) is 8.78 Å². The van der Waals surface area contributed by atoms with Crippen LogP contribution in [-0.4, -0.2) is 11.6 Å². The maximum atomic E-state index is 13.5. The van der Waals surface area contributed by atoms with Gasteiger partial charge in [0.05, 0.1) is 5.92 Å². The molecule has 21 heavy (non-hydrogen) atoms. The third-order valence-corrected chi connectivity index (χ3v) is 4.69. The van der Waals surface area contributed by atoms with Crippen LogP contribution in [-0.2, 0) is 6.42 Å². The van der Waals surface area contributed by atoms with E-state index in [2.05, 4.69) is 0 Å². The molecule has 0 spiro atoms. The first-order chi connectivity index (χ1) is 9.77. The van der Waals surface area contributed by atoms with E-state index in [1.165, 1.54) is 6.07 Å². The number of alkyl halides is 4. The Morgan fingerprint density at radius 3 is 2.24 bits per heavy atom. The molecule has 1 aliphatic carbocycles. The molecule has 0 nitrogen and oxygen atoms in total. The summed E-state index contributed by atoms with van der Waals surface area (Å²) in [6, 6.07) is 3.28. The molecule has 0 saturated heterocycles. The molecule has 118 valence electrons. The van der Waals surface area contributed by atoms with Gasteiger partial charge in [0.15, 0.2) is 0 Å². The molecule has 0 aromatic heterocycles. The number of benzene rings is 1. The second kappa shape index (κ2) is 6.51. The minimum absolute atomic E-state index is 0.0604. The van der Waals surface area contributed by atoms with E-state index in [0.717, 1.165) is 12.1 Å². The highest BCUT2D eigenvalue weighted by molar-refractivity contribution is 6.20. The Hall–Kier alpha value is -0.840. The van der Waals surface area contributed by atoms with Gasteiger partial charge in [0, 0.05) is 11.4 Å². The summed E-state index contributed by atoms with van der Waals surface area (Å²) in [7, 11) is 0. The fourth-order valence-electron chi connectivity index (χ4n) is 2.87. The largest absolute Gasteiger partial charge is 0.391 e. The van der Waals surface area contributed by atoms with E-state index in [1.807, 2.05) is 0 Å². The summed E-state index contributed by atoms with van der Waals surface area (Å²) < 4.78 is 64.1. The highest BCUT2D eigenvalue weighted by atomic mass is 35.5. The summed E-state index contributed by atoms with van der Waals surface area (Å²) >= 11 is 6.23. The van der Waals surface area contributed by atoms with E-state index in [9.17, 15) is 22.0 Å². The van der Waals surface area contributed by atoms with Crippen molar-refractivity contribution in [2.45, 2.75) is 43.7 Å². The van der Waals surface area contributed by atoms with Crippen LogP contribution in [0.2, 0.25) is 0 Å². The van der Waals surface area contributed by atoms with Crippen LogP contribution in [0.5, 0.6) is 0 Å². The van der Waals surface area contributed by atoms with E-state index in [0.29, 0.717) is 18.4 Å². The van der Waals surface area contributed by atoms with Gasteiger partial charge in [-0.1, -0.05) is 6.07 Å². The highest BCUT2D eigenvalue weighted by Crippen LogP contribution is 2.41. The molecule has 1 atom stereocenters. The minimum Gasteiger partial charge on any atom is -0.207 e. The number of rotatable bonds is 3. The Morgan fingerprint density at radius 1 is 1.10 bits per heavy atom. The zero-order chi connectivity index (χ0) is 15.6. The van der Waals surface area contributed by atoms with Crippen LogP contribution in [0.15, 0.2) is 18.2 Å². The van der Waals surface area contributed by atoms with Crippen LogP contribution in [0.25, 0.3) is 0 Å². The first kappa shape index (κ1) is 16.5. The fourth-order valence-corrected chi connectivity index (χ4v) is 3.29. The summed E-state index contributed by atoms with van der Waals surface area (Å²) in [4.78, 5) is 0. The molecular formula is C15H16ClF5. The van der Waals surface area contributed by atoms with Crippen molar-refractivity contribution in [3.05, 3.63) is 35.4 Å². The van der Waals surface area contributed by atoms with Crippen molar-refractivity contribution < 1.29 is 22.0 Å². The maximum absolute atomic E-state index is 13.5. The molecule has 1 unspecified atom stereocenters. The zero-order valence-electron chi connectivity index (χ0n) is 11.3. The smallest absolute Gasteiger partial charge is 0.207 e. The van der Waals surface area contributed by atoms with Crippen molar-refractivity contribution in [1.29, 1.82) is 0 Å². The summed E-state index contributed by atoms with van der Waals surface area (Å²) in [6.45, 7) is 0. The van der Waals surface area contributed by atoms with E-state index in [-0.39, 0.29) is 25.2 Å². The van der Waals surface area contributed by atoms with Gasteiger partial charge in [-0.2, -0.15) is 13.2 Å². The topological polar surface area (TPSA) is 0 Å². The highest BCUT2D eigenvalue weighted by Gasteiger charge is 2.42. The summed E-state index contributed by atoms with van der Waals surface area (Å²) in [5.41, 5.74) is 0.300. The van der Waals surface area contributed by atoms with E-state index in [1.54, 1.807) is 0 Å². The summed E-state index contributed by atoms with van der Waals surface area (Å²) in [5, 5.41) is -0.431. The number of halogens is 6. The van der Waals surface area contributed by atoms with Crippen molar-refractivity contribution in [3.63, 3.8) is 0 Å². The molecule has 0 amide bonds. The second-order valence-corrected chi connectivity index (χ2v) is 6.17. The molecule has 0 radical (unpaired) electrons. The molecule has 1 aromatic carbocycles. The molecule has 0 heterocycles. The van der Waals surface area contributed by atoms with Crippen molar-refractivity contribution in [3.8, 4) is 0 Å². The molecule has 1 aliphatic rings. The predicted octanol–water partition coefficient (Wildman–Crippen LogP) is 5.48. The van der Waals surface area contributed by atoms with Crippen LogP contribution in [0, 0.1) is 23.5 Å². The Bertz CT molecular complexity index is 477. The van der Waals surface area contributed by atoms with Gasteiger partial charge in [-0.05, 0) is 49.7 Å². The third kappa shape index (κ3) is 4.31. The average molecular weight is 327 g/mol. The van der Waals surface area contributed by atoms with Crippen molar-refractivity contribution in [1.82, 2.24) is 0 Å². The molecule has 0 bridgehead atoms. The van der Waals surface area contributed by atoms with Crippen LogP contribution < -0.4 is 0 Å². The lowest BCUT2D eigenvalue weighted by atomic mass is 9.79. The lowest BCUT2D eigenvalue weighted by Crippen LogP contribution is -2.31. The first-order valence-corrected chi connectivity index (χ1v) is 7.35. The van der Waals surface area contributed by atoms with Gasteiger partial charge in [0.1, 0.15) is 11.6 Å². The molecule has 0 aliphatic heterocycles. The van der Waals surface area contributed by atoms with Gasteiger partial charge in [-0.15, -0.1) is 11.6 Å². The van der Waals surface area contributed by atoms with Crippen LogP contribution in [0.3, 0.4) is 0 Å². The quantitative estimate of drug-likeness (QED) is 0.509. The summed E-state index contributed by atoms with van der Waals surface area (Å²) in [5.74, 6) is -2.63. The van der Waals surface area contributed by atoms with E-state index < -0.39 is 29.1 Å². The Labute approximate surface area is 125 Å². The lowest BCUT2D eigenvalue weighted by Gasteiger charge is -2.32. The Kier molecular flexibility index (Phi) is 5.12. The van der Waals surface area contributed by atoms with Gasteiger partial charge in [0.2, 0.25) is 0 Å². The lowest BCUT2D eigenvalue weighted by molar-refractivity contribution is -0.183. The van der Waals surface area contributed by atoms with Crippen molar-refractivity contribution in [2.75, 3.05) is 0 Å². The normalized spacial score (nSPS) is 24.9. The average Bonchev–Trinajstić information content (AvgIpc) is 2.41. The van der Waals surface area contributed by atoms with Gasteiger partial charge >= 0.3 is 6.18 Å². The van der Waals surface area contributed by atoms with Crippen LogP contribution in [0.1, 0.15) is 31.2 Å². The molecule has 0 N–H and O–H groups in total. The monoisotopic (exact) mass is 326 g/mol. The molecule has 2 rings (SSSR count). The predicted molar refractivity (Wildman–Crippen MR) is 71.2 cm³/mol. The number of hydrogen-bond donors (Lipinski definition) is 0. The minimum atomic E-state index is -4.14. The van der Waals surface area contributed by atoms with Gasteiger partial charge in [0.25, 0.3) is 0 Å². The maximum Gasteiger partial charge on any atom is 0.391 e. The van der Waals surface area contributed by atoms with Gasteiger partial charge in [-0.3, -0.25) is 0 Å². The number of hydrogen-bond acceptors (Lipinski definition) is 0. The molecule has 1 fully saturated rings. The standard InChI is InChI=1S/C15H16ClF5/c16-13(7-10-3-6-12(17)8-14(10)18)9-1-4-11(5-2-9)15(19,20)21/h3,6,8-9,11,13H,1-2,4-5,7H2. The molecular weight excluding hydrogens is 311 g/mol. The molecule has 6 heteroatoms. The van der Waals surface area contributed by atoms with E-state index >= 15 is 0 Å². The SMILES string of the molecule is Fc1ccc(CC(Cl)C2CCC(C(F)(F)F)CC2)c(F)c1. The summed E-state index contributed by atoms with van der Waals surface area (Å²) in [6.07, 6.45) is -3.01. The van der Waals surface area contributed by atoms with Crippen LogP contribution >= 0.6 is 11.6 Å². The Balaban J connectivity index is 1.92. The Morgan fingerprint density at radius 2 is 1.71 bits per heavy atom. The van der Waals surface area contributed by atoms with Crippen molar-refractivity contribution in [2.24, 2.45) is 11.8 Å². The zero-order valence-corrected chi connectivity index (χ0v) is 12.0. The van der Waals surface area contributed by atoms with E-state index in [4.69, 9.17) is 11.6 Å². The molecule has 1 aromatic rings. The van der Waals surface area contributed by atoms with Crippen molar-refractivity contribution >= 4 is 11.6 Å². The third-order valence-electron chi connectivity index (χ3n) is 4.18. The first-order valence-electron chi connectivity index (χ1n) is 6.92. The van der Waals surface area contributed by atoms with Crippen LogP contribution in [0.4, 0.5) is 22.0 Å².